The van der Waals surface area contributed by atoms with Crippen molar-refractivity contribution in [2.24, 2.45) is 17.8 Å². The average Bonchev–Trinajstić information content (AvgIpc) is 2.80. The van der Waals surface area contributed by atoms with Gasteiger partial charge in [-0.3, -0.25) is 0 Å². The van der Waals surface area contributed by atoms with E-state index in [-0.39, 0.29) is 0 Å². The fourth-order valence-corrected chi connectivity index (χ4v) is 6.17. The second-order valence-corrected chi connectivity index (χ2v) is 10.3. The van der Waals surface area contributed by atoms with Crippen LogP contribution in [-0.2, 0) is 0 Å². The van der Waals surface area contributed by atoms with Crippen molar-refractivity contribution < 1.29 is 9.53 Å². The normalized spacial score (nSPS) is 25.8. The second-order valence-electron chi connectivity index (χ2n) is 9.50. The number of carbonyl (C=O) groups is 1. The molecule has 2 aliphatic rings. The number of benzene rings is 2. The Bertz CT molecular complexity index is 921. The Kier molecular flexibility index (Phi) is 7.97. The van der Waals surface area contributed by atoms with Gasteiger partial charge in [0.1, 0.15) is 5.75 Å². The second kappa shape index (κ2) is 10.9. The van der Waals surface area contributed by atoms with Crippen LogP contribution in [0.15, 0.2) is 55.1 Å². The third-order valence-electron chi connectivity index (χ3n) is 7.54. The minimum atomic E-state index is -0.470. The third-order valence-corrected chi connectivity index (χ3v) is 8.09. The van der Waals surface area contributed by atoms with Gasteiger partial charge in [-0.25, -0.2) is 4.79 Å². The molecule has 2 aromatic carbocycles. The smallest absolute Gasteiger partial charge is 0.345 e. The Hall–Kier alpha value is -1.77. The van der Waals surface area contributed by atoms with Crippen LogP contribution in [0.25, 0.3) is 0 Å². The molecule has 0 radical (unpaired) electrons. The van der Waals surface area contributed by atoms with Crippen LogP contribution in [0.5, 0.6) is 5.75 Å². The van der Waals surface area contributed by atoms with Crippen molar-refractivity contribution in [1.29, 1.82) is 0 Å². The van der Waals surface area contributed by atoms with Crippen molar-refractivity contribution in [3.8, 4) is 5.75 Å². The standard InChI is InChI=1S/C28H32Cl2O2/c1-2-3-19-4-6-20(7-5-19)21-8-10-22(11-9-21)23-12-15-25(16-13-23)32-28(31)26-17-14-24(29)18-27(26)30/h2,12-22H,1,3-11H2/t19-,20-,21?,22?. The summed E-state index contributed by atoms with van der Waals surface area (Å²) in [7, 11) is 0. The third kappa shape index (κ3) is 5.77. The van der Waals surface area contributed by atoms with E-state index in [0.29, 0.717) is 27.3 Å². The van der Waals surface area contributed by atoms with E-state index in [0.717, 1.165) is 17.8 Å². The van der Waals surface area contributed by atoms with Crippen LogP contribution >= 0.6 is 23.2 Å². The molecule has 4 heteroatoms. The summed E-state index contributed by atoms with van der Waals surface area (Å²) in [6.07, 6.45) is 14.1. The van der Waals surface area contributed by atoms with Gasteiger partial charge in [-0.15, -0.1) is 6.58 Å². The SMILES string of the molecule is C=CC[C@H]1CC[C@H](C2CCC(c3ccc(OC(=O)c4ccc(Cl)cc4Cl)cc3)CC2)CC1. The van der Waals surface area contributed by atoms with Crippen LogP contribution < -0.4 is 4.74 Å². The van der Waals surface area contributed by atoms with Crippen LogP contribution in [0.1, 0.15) is 79.6 Å². The predicted octanol–water partition coefficient (Wildman–Crippen LogP) is 8.87. The van der Waals surface area contributed by atoms with E-state index in [4.69, 9.17) is 27.9 Å². The number of hydrogen-bond donors (Lipinski definition) is 0. The van der Waals surface area contributed by atoms with E-state index in [2.05, 4.69) is 24.8 Å². The number of carbonyl (C=O) groups excluding carboxylic acids is 1. The van der Waals surface area contributed by atoms with E-state index in [9.17, 15) is 4.79 Å². The Morgan fingerprint density at radius 2 is 1.53 bits per heavy atom. The lowest BCUT2D eigenvalue weighted by molar-refractivity contribution is 0.0735. The highest BCUT2D eigenvalue weighted by molar-refractivity contribution is 6.36. The Labute approximate surface area is 202 Å². The van der Waals surface area contributed by atoms with E-state index < -0.39 is 5.97 Å². The summed E-state index contributed by atoms with van der Waals surface area (Å²) in [5, 5.41) is 0.788. The highest BCUT2D eigenvalue weighted by Crippen LogP contribution is 2.44. The van der Waals surface area contributed by atoms with Gasteiger partial charge in [0, 0.05) is 5.02 Å². The minimum absolute atomic E-state index is 0.296. The quantitative estimate of drug-likeness (QED) is 0.239. The number of allylic oxidation sites excluding steroid dienone is 1. The van der Waals surface area contributed by atoms with Crippen LogP contribution in [0.4, 0.5) is 0 Å². The van der Waals surface area contributed by atoms with Gasteiger partial charge in [0.05, 0.1) is 10.6 Å². The molecule has 2 fully saturated rings. The molecule has 0 unspecified atom stereocenters. The Balaban J connectivity index is 1.28. The fraction of sp³-hybridized carbons (Fsp3) is 0.464. The topological polar surface area (TPSA) is 26.3 Å². The summed E-state index contributed by atoms with van der Waals surface area (Å²) in [6, 6.07) is 12.8. The van der Waals surface area contributed by atoms with Gasteiger partial charge in [-0.1, -0.05) is 41.4 Å². The maximum atomic E-state index is 12.4. The zero-order valence-electron chi connectivity index (χ0n) is 18.6. The monoisotopic (exact) mass is 470 g/mol. The summed E-state index contributed by atoms with van der Waals surface area (Å²) in [6.45, 7) is 3.91. The molecule has 0 bridgehead atoms. The first-order chi connectivity index (χ1) is 15.5. The molecule has 2 aromatic rings. The van der Waals surface area contributed by atoms with Crippen LogP contribution in [0.3, 0.4) is 0 Å². The van der Waals surface area contributed by atoms with Crippen molar-refractivity contribution in [1.82, 2.24) is 0 Å². The van der Waals surface area contributed by atoms with E-state index in [1.807, 2.05) is 12.1 Å². The number of esters is 1. The molecule has 32 heavy (non-hydrogen) atoms. The van der Waals surface area contributed by atoms with Gasteiger partial charge in [-0.2, -0.15) is 0 Å². The van der Waals surface area contributed by atoms with Crippen LogP contribution in [-0.4, -0.2) is 5.97 Å². The van der Waals surface area contributed by atoms with Gasteiger partial charge < -0.3 is 4.74 Å². The van der Waals surface area contributed by atoms with Crippen molar-refractivity contribution in [3.05, 3.63) is 76.3 Å². The lowest BCUT2D eigenvalue weighted by Gasteiger charge is -2.38. The molecular weight excluding hydrogens is 439 g/mol. The summed E-state index contributed by atoms with van der Waals surface area (Å²) < 4.78 is 5.51. The van der Waals surface area contributed by atoms with Crippen molar-refractivity contribution in [2.45, 2.75) is 63.7 Å². The predicted molar refractivity (Wildman–Crippen MR) is 133 cm³/mol. The molecule has 4 rings (SSSR count). The summed E-state index contributed by atoms with van der Waals surface area (Å²) in [5.41, 5.74) is 1.67. The number of ether oxygens (including phenoxy) is 1. The van der Waals surface area contributed by atoms with Gasteiger partial charge in [-0.05, 0) is 117 Å². The molecule has 0 atom stereocenters. The molecule has 0 amide bonds. The zero-order chi connectivity index (χ0) is 22.5. The molecule has 0 aliphatic heterocycles. The van der Waals surface area contributed by atoms with Gasteiger partial charge in [0.25, 0.3) is 0 Å². The lowest BCUT2D eigenvalue weighted by atomic mass is 9.68. The largest absolute Gasteiger partial charge is 0.423 e. The molecule has 0 N–H and O–H groups in total. The van der Waals surface area contributed by atoms with Crippen molar-refractivity contribution >= 4 is 29.2 Å². The first-order valence-corrected chi connectivity index (χ1v) is 12.7. The molecule has 0 saturated heterocycles. The van der Waals surface area contributed by atoms with E-state index in [1.165, 1.54) is 63.4 Å². The molecule has 2 aliphatic carbocycles. The van der Waals surface area contributed by atoms with Crippen molar-refractivity contribution in [3.63, 3.8) is 0 Å². The number of hydrogen-bond acceptors (Lipinski definition) is 2. The Morgan fingerprint density at radius 3 is 2.12 bits per heavy atom. The van der Waals surface area contributed by atoms with Crippen LogP contribution in [0, 0.1) is 17.8 Å². The van der Waals surface area contributed by atoms with E-state index in [1.54, 1.807) is 18.2 Å². The number of rotatable bonds is 6. The Morgan fingerprint density at radius 1 is 0.906 bits per heavy atom. The maximum Gasteiger partial charge on any atom is 0.345 e. The molecule has 0 spiro atoms. The first-order valence-electron chi connectivity index (χ1n) is 11.9. The lowest BCUT2D eigenvalue weighted by Crippen LogP contribution is -2.25. The maximum absolute atomic E-state index is 12.4. The average molecular weight is 471 g/mol. The molecular formula is C28H32Cl2O2. The first kappa shape index (κ1) is 23.4. The summed E-state index contributed by atoms with van der Waals surface area (Å²) in [5.74, 6) is 3.39. The van der Waals surface area contributed by atoms with E-state index >= 15 is 0 Å². The van der Waals surface area contributed by atoms with Crippen LogP contribution in [0.2, 0.25) is 10.0 Å². The number of halogens is 2. The summed E-state index contributed by atoms with van der Waals surface area (Å²) in [4.78, 5) is 12.4. The summed E-state index contributed by atoms with van der Waals surface area (Å²) >= 11 is 12.0. The molecule has 170 valence electrons. The van der Waals surface area contributed by atoms with Gasteiger partial charge in [0.2, 0.25) is 0 Å². The zero-order valence-corrected chi connectivity index (χ0v) is 20.1. The molecule has 0 aromatic heterocycles. The van der Waals surface area contributed by atoms with Crippen molar-refractivity contribution in [2.75, 3.05) is 0 Å². The van der Waals surface area contributed by atoms with Gasteiger partial charge >= 0.3 is 5.97 Å². The molecule has 2 saturated carbocycles. The fourth-order valence-electron chi connectivity index (χ4n) is 5.68. The van der Waals surface area contributed by atoms with Gasteiger partial charge in [0.15, 0.2) is 0 Å². The highest BCUT2D eigenvalue weighted by Gasteiger charge is 2.31. The minimum Gasteiger partial charge on any atom is -0.423 e. The molecule has 2 nitrogen and oxygen atoms in total. The molecule has 0 heterocycles. The highest BCUT2D eigenvalue weighted by atomic mass is 35.5.